The molecule has 2 bridgehead atoms. The van der Waals surface area contributed by atoms with Gasteiger partial charge in [0, 0.05) is 11.8 Å². The first kappa shape index (κ1) is 9.99. The Labute approximate surface area is 97.8 Å². The van der Waals surface area contributed by atoms with Crippen LogP contribution in [0.4, 0.5) is 0 Å². The summed E-state index contributed by atoms with van der Waals surface area (Å²) in [5, 5.41) is 17.8. The minimum absolute atomic E-state index is 0.0741. The Hall–Kier alpha value is -2.20. The highest BCUT2D eigenvalue weighted by molar-refractivity contribution is 6.18. The van der Waals surface area contributed by atoms with E-state index in [1.165, 1.54) is 0 Å². The molecular formula is C13H8N2O2. The molecule has 0 radical (unpaired) electrons. The fourth-order valence-electron chi connectivity index (χ4n) is 3.34. The van der Waals surface area contributed by atoms with Crippen molar-refractivity contribution >= 4 is 11.6 Å². The first-order valence-electron chi connectivity index (χ1n) is 5.50. The second-order valence-electron chi connectivity index (χ2n) is 4.70. The molecular weight excluding hydrogens is 216 g/mol. The van der Waals surface area contributed by atoms with E-state index in [1.807, 2.05) is 12.2 Å². The third-order valence-corrected chi connectivity index (χ3v) is 4.03. The highest BCUT2D eigenvalue weighted by Crippen LogP contribution is 2.52. The maximum Gasteiger partial charge on any atom is 0.179 e. The van der Waals surface area contributed by atoms with Crippen LogP contribution in [0.3, 0.4) is 0 Å². The summed E-state index contributed by atoms with van der Waals surface area (Å²) in [4.78, 5) is 24.3. The van der Waals surface area contributed by atoms with Crippen LogP contribution in [0.2, 0.25) is 0 Å². The van der Waals surface area contributed by atoms with Crippen molar-refractivity contribution in [2.75, 3.05) is 0 Å². The average molecular weight is 224 g/mol. The lowest BCUT2D eigenvalue weighted by Crippen LogP contribution is -2.39. The average Bonchev–Trinajstić information content (AvgIpc) is 2.93. The Balaban J connectivity index is 2.18. The summed E-state index contributed by atoms with van der Waals surface area (Å²) in [6, 6.07) is 3.44. The molecule has 0 heterocycles. The Morgan fingerprint density at radius 1 is 0.941 bits per heavy atom. The highest BCUT2D eigenvalue weighted by Gasteiger charge is 2.55. The lowest BCUT2D eigenvalue weighted by molar-refractivity contribution is -0.130. The molecule has 0 aromatic rings. The molecule has 0 amide bonds. The molecule has 3 rings (SSSR count). The zero-order valence-corrected chi connectivity index (χ0v) is 8.88. The van der Waals surface area contributed by atoms with Gasteiger partial charge in [0.15, 0.2) is 11.6 Å². The third kappa shape index (κ3) is 1.05. The molecule has 0 aromatic heterocycles. The number of carbonyl (C=O) groups excluding carboxylic acids is 2. The van der Waals surface area contributed by atoms with Crippen molar-refractivity contribution in [2.45, 2.75) is 6.42 Å². The van der Waals surface area contributed by atoms with E-state index in [4.69, 9.17) is 10.5 Å². The monoisotopic (exact) mass is 224 g/mol. The van der Waals surface area contributed by atoms with Crippen LogP contribution in [-0.4, -0.2) is 11.6 Å². The largest absolute Gasteiger partial charge is 0.293 e. The maximum absolute atomic E-state index is 12.1. The number of rotatable bonds is 0. The molecule has 4 nitrogen and oxygen atoms in total. The SMILES string of the molecule is N#CC1=C(C#N)C(=O)[C@H]2[C@@H](C1=O)[C@H]1C=C[C@@H]2C1. The summed E-state index contributed by atoms with van der Waals surface area (Å²) >= 11 is 0. The van der Waals surface area contributed by atoms with Crippen LogP contribution in [0.5, 0.6) is 0 Å². The van der Waals surface area contributed by atoms with Crippen molar-refractivity contribution in [2.24, 2.45) is 23.7 Å². The van der Waals surface area contributed by atoms with E-state index in [2.05, 4.69) is 0 Å². The highest BCUT2D eigenvalue weighted by atomic mass is 16.1. The number of nitrogens with zero attached hydrogens (tertiary/aromatic N) is 2. The number of hydrogen-bond acceptors (Lipinski definition) is 4. The predicted molar refractivity (Wildman–Crippen MR) is 56.0 cm³/mol. The van der Waals surface area contributed by atoms with Gasteiger partial charge in [-0.3, -0.25) is 9.59 Å². The summed E-state index contributed by atoms with van der Waals surface area (Å²) in [5.41, 5.74) is -0.473. The molecule has 82 valence electrons. The second-order valence-corrected chi connectivity index (χ2v) is 4.70. The van der Waals surface area contributed by atoms with Crippen LogP contribution >= 0.6 is 0 Å². The van der Waals surface area contributed by atoms with Gasteiger partial charge in [-0.25, -0.2) is 0 Å². The molecule has 0 aliphatic heterocycles. The Bertz CT molecular complexity index is 536. The van der Waals surface area contributed by atoms with Crippen LogP contribution in [0.15, 0.2) is 23.3 Å². The normalized spacial score (nSPS) is 38.0. The standard InChI is InChI=1S/C13H8N2O2/c14-4-8-9(5-15)13(17)11-7-2-1-6(3-7)10(11)12(8)16/h1-2,6-7,10-11H,3H2/t6-,7+,10-,11+. The Morgan fingerprint density at radius 2 is 1.35 bits per heavy atom. The maximum atomic E-state index is 12.1. The number of fused-ring (bicyclic) bond motifs is 5. The van der Waals surface area contributed by atoms with Gasteiger partial charge in [0.25, 0.3) is 0 Å². The summed E-state index contributed by atoms with van der Waals surface area (Å²) in [6.45, 7) is 0. The number of allylic oxidation sites excluding steroid dienone is 4. The molecule has 3 aliphatic rings. The molecule has 0 N–H and O–H groups in total. The van der Waals surface area contributed by atoms with Gasteiger partial charge in [-0.15, -0.1) is 0 Å². The van der Waals surface area contributed by atoms with Gasteiger partial charge in [0.05, 0.1) is 0 Å². The number of carbonyl (C=O) groups is 2. The van der Waals surface area contributed by atoms with Crippen molar-refractivity contribution in [3.05, 3.63) is 23.3 Å². The molecule has 0 unspecified atom stereocenters. The summed E-state index contributed by atoms with van der Waals surface area (Å²) in [5.74, 6) is -1.28. The fourth-order valence-corrected chi connectivity index (χ4v) is 3.34. The molecule has 4 atom stereocenters. The third-order valence-electron chi connectivity index (χ3n) is 4.03. The molecule has 3 aliphatic carbocycles. The first-order chi connectivity index (χ1) is 8.19. The molecule has 0 aromatic carbocycles. The van der Waals surface area contributed by atoms with Gasteiger partial charge in [-0.1, -0.05) is 12.2 Å². The molecule has 4 heteroatoms. The van der Waals surface area contributed by atoms with Crippen molar-refractivity contribution in [1.29, 1.82) is 10.5 Å². The van der Waals surface area contributed by atoms with Crippen molar-refractivity contribution in [3.8, 4) is 12.1 Å². The van der Waals surface area contributed by atoms with Gasteiger partial charge in [0.2, 0.25) is 0 Å². The summed E-state index contributed by atoms with van der Waals surface area (Å²) in [7, 11) is 0. The van der Waals surface area contributed by atoms with Crippen molar-refractivity contribution in [3.63, 3.8) is 0 Å². The van der Waals surface area contributed by atoms with E-state index in [1.54, 1.807) is 12.1 Å². The molecule has 1 saturated carbocycles. The first-order valence-corrected chi connectivity index (χ1v) is 5.50. The number of Topliss-reactive ketones (excluding diaryl/α,β-unsaturated/α-hetero) is 2. The van der Waals surface area contributed by atoms with Gasteiger partial charge >= 0.3 is 0 Å². The molecule has 17 heavy (non-hydrogen) atoms. The quantitative estimate of drug-likeness (QED) is 0.573. The number of ketones is 2. The van der Waals surface area contributed by atoms with E-state index in [9.17, 15) is 9.59 Å². The van der Waals surface area contributed by atoms with Crippen molar-refractivity contribution in [1.82, 2.24) is 0 Å². The van der Waals surface area contributed by atoms with E-state index in [-0.39, 0.29) is 34.5 Å². The lowest BCUT2D eigenvalue weighted by Gasteiger charge is -2.29. The van der Waals surface area contributed by atoms with Crippen molar-refractivity contribution < 1.29 is 9.59 Å². The van der Waals surface area contributed by atoms with E-state index in [0.29, 0.717) is 0 Å². The topological polar surface area (TPSA) is 81.7 Å². The molecule has 0 saturated heterocycles. The van der Waals surface area contributed by atoms with Crippen LogP contribution in [-0.2, 0) is 9.59 Å². The zero-order chi connectivity index (χ0) is 12.2. The summed E-state index contributed by atoms with van der Waals surface area (Å²) < 4.78 is 0. The molecule has 1 fully saturated rings. The van der Waals surface area contributed by atoms with Gasteiger partial charge in [-0.2, -0.15) is 10.5 Å². The number of nitriles is 2. The van der Waals surface area contributed by atoms with Crippen LogP contribution in [0.25, 0.3) is 0 Å². The predicted octanol–water partition coefficient (Wildman–Crippen LogP) is 0.920. The Morgan fingerprint density at radius 3 is 1.71 bits per heavy atom. The van der Waals surface area contributed by atoms with Crippen LogP contribution < -0.4 is 0 Å². The van der Waals surface area contributed by atoms with Crippen LogP contribution in [0, 0.1) is 46.3 Å². The summed E-state index contributed by atoms with van der Waals surface area (Å²) in [6.07, 6.45) is 4.72. The van der Waals surface area contributed by atoms with Crippen LogP contribution in [0.1, 0.15) is 6.42 Å². The second kappa shape index (κ2) is 3.15. The molecule has 0 spiro atoms. The minimum Gasteiger partial charge on any atom is -0.293 e. The van der Waals surface area contributed by atoms with Gasteiger partial charge in [0.1, 0.15) is 23.3 Å². The van der Waals surface area contributed by atoms with Gasteiger partial charge in [-0.05, 0) is 18.3 Å². The number of hydrogen-bond donors (Lipinski definition) is 0. The van der Waals surface area contributed by atoms with Gasteiger partial charge < -0.3 is 0 Å². The van der Waals surface area contributed by atoms with E-state index in [0.717, 1.165) is 6.42 Å². The Kier molecular flexibility index (Phi) is 1.85. The smallest absolute Gasteiger partial charge is 0.179 e. The minimum atomic E-state index is -0.399. The zero-order valence-electron chi connectivity index (χ0n) is 8.88. The lowest BCUT2D eigenvalue weighted by atomic mass is 9.70. The van der Waals surface area contributed by atoms with E-state index >= 15 is 0 Å². The van der Waals surface area contributed by atoms with E-state index < -0.39 is 11.8 Å². The fraction of sp³-hybridized carbons (Fsp3) is 0.385.